The maximum Gasteiger partial charge on any atom is 0.274 e. The van der Waals surface area contributed by atoms with Gasteiger partial charge in [0.05, 0.1) is 21.7 Å². The minimum absolute atomic E-state index is 0.0727. The van der Waals surface area contributed by atoms with Crippen molar-refractivity contribution >= 4 is 22.7 Å². The number of nitrogens with zero attached hydrogens (tertiary/aromatic N) is 2. The summed E-state index contributed by atoms with van der Waals surface area (Å²) in [5, 5.41) is 15.3. The predicted octanol–water partition coefficient (Wildman–Crippen LogP) is 4.15. The summed E-state index contributed by atoms with van der Waals surface area (Å²) in [6.45, 7) is 7.73. The van der Waals surface area contributed by atoms with Crippen LogP contribution in [-0.2, 0) is 0 Å². The smallest absolute Gasteiger partial charge is 0.274 e. The SMILES string of the molecule is Cc1nc(C)c(C(C)Nc2ccc(C)c([N+](=O)[O-])c2)s1. The van der Waals surface area contributed by atoms with Crippen molar-refractivity contribution in [2.45, 2.75) is 33.7 Å². The standard InChI is InChI=1S/C14H17N3O2S/c1-8-5-6-12(7-13(8)17(18)19)16-10(3)14-9(2)15-11(4)20-14/h5-7,10,16H,1-4H3. The molecule has 1 aromatic heterocycles. The number of nitrogens with one attached hydrogen (secondary N) is 1. The minimum atomic E-state index is -0.354. The van der Waals surface area contributed by atoms with Gasteiger partial charge in [-0.15, -0.1) is 11.3 Å². The zero-order chi connectivity index (χ0) is 14.9. The quantitative estimate of drug-likeness (QED) is 0.678. The van der Waals surface area contributed by atoms with Crippen molar-refractivity contribution in [3.05, 3.63) is 49.5 Å². The van der Waals surface area contributed by atoms with Gasteiger partial charge in [-0.25, -0.2) is 4.98 Å². The third-order valence-electron chi connectivity index (χ3n) is 3.12. The number of anilines is 1. The van der Waals surface area contributed by atoms with Crippen LogP contribution in [0.4, 0.5) is 11.4 Å². The molecule has 0 aliphatic carbocycles. The molecular formula is C14H17N3O2S. The van der Waals surface area contributed by atoms with Crippen molar-refractivity contribution in [2.75, 3.05) is 5.32 Å². The van der Waals surface area contributed by atoms with E-state index in [4.69, 9.17) is 0 Å². The number of aromatic nitrogens is 1. The fraction of sp³-hybridized carbons (Fsp3) is 0.357. The van der Waals surface area contributed by atoms with Gasteiger partial charge in [0.15, 0.2) is 0 Å². The van der Waals surface area contributed by atoms with E-state index >= 15 is 0 Å². The van der Waals surface area contributed by atoms with Gasteiger partial charge in [-0.1, -0.05) is 6.07 Å². The number of benzene rings is 1. The Labute approximate surface area is 121 Å². The van der Waals surface area contributed by atoms with E-state index in [1.165, 1.54) is 0 Å². The van der Waals surface area contributed by atoms with Gasteiger partial charge in [0.1, 0.15) is 0 Å². The fourth-order valence-electron chi connectivity index (χ4n) is 2.16. The Bertz CT molecular complexity index is 652. The van der Waals surface area contributed by atoms with Crippen molar-refractivity contribution < 1.29 is 4.92 Å². The molecule has 2 rings (SSSR count). The van der Waals surface area contributed by atoms with E-state index in [9.17, 15) is 10.1 Å². The van der Waals surface area contributed by atoms with Crippen molar-refractivity contribution in [3.63, 3.8) is 0 Å². The van der Waals surface area contributed by atoms with E-state index in [1.54, 1.807) is 30.4 Å². The highest BCUT2D eigenvalue weighted by Gasteiger charge is 2.15. The van der Waals surface area contributed by atoms with Crippen LogP contribution in [0.1, 0.15) is 34.1 Å². The molecule has 0 saturated carbocycles. The van der Waals surface area contributed by atoms with E-state index < -0.39 is 0 Å². The number of aryl methyl sites for hydroxylation is 3. The van der Waals surface area contributed by atoms with Gasteiger partial charge < -0.3 is 5.32 Å². The molecule has 0 aliphatic rings. The Morgan fingerprint density at radius 3 is 2.60 bits per heavy atom. The Hall–Kier alpha value is -1.95. The topological polar surface area (TPSA) is 68.1 Å². The van der Waals surface area contributed by atoms with Gasteiger partial charge in [0.2, 0.25) is 0 Å². The highest BCUT2D eigenvalue weighted by atomic mass is 32.1. The summed E-state index contributed by atoms with van der Waals surface area (Å²) in [6.07, 6.45) is 0. The lowest BCUT2D eigenvalue weighted by Gasteiger charge is -2.14. The van der Waals surface area contributed by atoms with Crippen molar-refractivity contribution in [3.8, 4) is 0 Å². The summed E-state index contributed by atoms with van der Waals surface area (Å²) in [5.41, 5.74) is 2.56. The Kier molecular flexibility index (Phi) is 4.04. The summed E-state index contributed by atoms with van der Waals surface area (Å²) < 4.78 is 0. The minimum Gasteiger partial charge on any atom is -0.377 e. The van der Waals surface area contributed by atoms with Crippen LogP contribution in [0.25, 0.3) is 0 Å². The summed E-state index contributed by atoms with van der Waals surface area (Å²) in [4.78, 5) is 16.2. The first-order chi connectivity index (χ1) is 9.38. The molecule has 0 bridgehead atoms. The van der Waals surface area contributed by atoms with Gasteiger partial charge >= 0.3 is 0 Å². The number of rotatable bonds is 4. The van der Waals surface area contributed by atoms with Crippen LogP contribution in [0.2, 0.25) is 0 Å². The third kappa shape index (κ3) is 2.96. The summed E-state index contributed by atoms with van der Waals surface area (Å²) >= 11 is 1.65. The van der Waals surface area contributed by atoms with Gasteiger partial charge in [-0.05, 0) is 33.8 Å². The van der Waals surface area contributed by atoms with Gasteiger partial charge in [0, 0.05) is 22.2 Å². The highest BCUT2D eigenvalue weighted by molar-refractivity contribution is 7.11. The molecule has 106 valence electrons. The first-order valence-corrected chi connectivity index (χ1v) is 7.15. The van der Waals surface area contributed by atoms with Crippen molar-refractivity contribution in [1.29, 1.82) is 0 Å². The average Bonchev–Trinajstić information content (AvgIpc) is 2.70. The second-order valence-corrected chi connectivity index (χ2v) is 6.04. The summed E-state index contributed by atoms with van der Waals surface area (Å²) in [5.74, 6) is 0. The number of hydrogen-bond donors (Lipinski definition) is 1. The average molecular weight is 291 g/mol. The monoisotopic (exact) mass is 291 g/mol. The van der Waals surface area contributed by atoms with E-state index in [0.717, 1.165) is 21.3 Å². The zero-order valence-electron chi connectivity index (χ0n) is 11.9. The molecule has 1 unspecified atom stereocenters. The van der Waals surface area contributed by atoms with Gasteiger partial charge in [-0.2, -0.15) is 0 Å². The van der Waals surface area contributed by atoms with E-state index in [0.29, 0.717) is 5.56 Å². The van der Waals surface area contributed by atoms with E-state index in [1.807, 2.05) is 26.8 Å². The molecule has 0 amide bonds. The molecule has 2 aromatic rings. The first kappa shape index (κ1) is 14.5. The molecular weight excluding hydrogens is 274 g/mol. The molecule has 0 radical (unpaired) electrons. The normalized spacial score (nSPS) is 12.2. The molecule has 6 heteroatoms. The van der Waals surface area contributed by atoms with E-state index in [2.05, 4.69) is 10.3 Å². The Morgan fingerprint density at radius 1 is 1.35 bits per heavy atom. The molecule has 1 N–H and O–H groups in total. The number of nitro groups is 1. The Morgan fingerprint density at radius 2 is 2.05 bits per heavy atom. The molecule has 5 nitrogen and oxygen atoms in total. The predicted molar refractivity (Wildman–Crippen MR) is 81.5 cm³/mol. The maximum absolute atomic E-state index is 11.0. The van der Waals surface area contributed by atoms with Crippen LogP contribution in [-0.4, -0.2) is 9.91 Å². The number of hydrogen-bond acceptors (Lipinski definition) is 5. The van der Waals surface area contributed by atoms with Gasteiger partial charge in [-0.3, -0.25) is 10.1 Å². The van der Waals surface area contributed by atoms with Crippen LogP contribution < -0.4 is 5.32 Å². The molecule has 0 saturated heterocycles. The Balaban J connectivity index is 2.24. The first-order valence-electron chi connectivity index (χ1n) is 6.34. The largest absolute Gasteiger partial charge is 0.377 e. The van der Waals surface area contributed by atoms with Crippen LogP contribution >= 0.6 is 11.3 Å². The molecule has 1 aromatic carbocycles. The van der Waals surface area contributed by atoms with Gasteiger partial charge in [0.25, 0.3) is 5.69 Å². The van der Waals surface area contributed by atoms with Crippen molar-refractivity contribution in [1.82, 2.24) is 4.98 Å². The molecule has 1 heterocycles. The molecule has 0 spiro atoms. The summed E-state index contributed by atoms with van der Waals surface area (Å²) in [7, 11) is 0. The lowest BCUT2D eigenvalue weighted by Crippen LogP contribution is -2.06. The number of nitro benzene ring substituents is 1. The lowest BCUT2D eigenvalue weighted by atomic mass is 10.1. The second kappa shape index (κ2) is 5.58. The molecule has 1 atom stereocenters. The second-order valence-electron chi connectivity index (χ2n) is 4.81. The van der Waals surface area contributed by atoms with Crippen LogP contribution in [0, 0.1) is 30.9 Å². The highest BCUT2D eigenvalue weighted by Crippen LogP contribution is 2.29. The summed E-state index contributed by atoms with van der Waals surface area (Å²) in [6, 6.07) is 5.28. The van der Waals surface area contributed by atoms with Crippen LogP contribution in [0.5, 0.6) is 0 Å². The zero-order valence-corrected chi connectivity index (χ0v) is 12.7. The van der Waals surface area contributed by atoms with Crippen LogP contribution in [0.3, 0.4) is 0 Å². The molecule has 0 aliphatic heterocycles. The fourth-order valence-corrected chi connectivity index (χ4v) is 3.09. The maximum atomic E-state index is 11.0. The van der Waals surface area contributed by atoms with Crippen LogP contribution in [0.15, 0.2) is 18.2 Å². The van der Waals surface area contributed by atoms with Crippen molar-refractivity contribution in [2.24, 2.45) is 0 Å². The molecule has 0 fully saturated rings. The number of thiazole rings is 1. The third-order valence-corrected chi connectivity index (χ3v) is 4.38. The van der Waals surface area contributed by atoms with E-state index in [-0.39, 0.29) is 16.7 Å². The lowest BCUT2D eigenvalue weighted by molar-refractivity contribution is -0.385. The molecule has 20 heavy (non-hydrogen) atoms.